The van der Waals surface area contributed by atoms with Gasteiger partial charge in [0.1, 0.15) is 11.2 Å². The molecule has 0 radical (unpaired) electrons. The van der Waals surface area contributed by atoms with E-state index in [9.17, 15) is 0 Å². The van der Waals surface area contributed by atoms with E-state index in [1.807, 2.05) is 11.3 Å². The van der Waals surface area contributed by atoms with E-state index in [0.717, 1.165) is 33.0 Å². The van der Waals surface area contributed by atoms with Crippen molar-refractivity contribution in [2.75, 3.05) is 0 Å². The fourth-order valence-electron chi connectivity index (χ4n) is 11.2. The molecular formula is C64H37NOS. The summed E-state index contributed by atoms with van der Waals surface area (Å²) in [6.07, 6.45) is 0. The van der Waals surface area contributed by atoms with E-state index in [1.54, 1.807) is 0 Å². The summed E-state index contributed by atoms with van der Waals surface area (Å²) in [5, 5.41) is 14.7. The number of benzene rings is 12. The molecule has 0 aliphatic heterocycles. The van der Waals surface area contributed by atoms with Gasteiger partial charge >= 0.3 is 0 Å². The number of aromatic nitrogens is 1. The largest absolute Gasteiger partial charge is 0.455 e. The molecule has 0 fully saturated rings. The van der Waals surface area contributed by atoms with Crippen molar-refractivity contribution in [3.8, 4) is 50.2 Å². The van der Waals surface area contributed by atoms with Crippen LogP contribution < -0.4 is 0 Å². The zero-order valence-corrected chi connectivity index (χ0v) is 36.9. The van der Waals surface area contributed by atoms with E-state index in [0.29, 0.717) is 0 Å². The van der Waals surface area contributed by atoms with Gasteiger partial charge in [0.05, 0.1) is 22.1 Å². The number of thiophene rings is 1. The third kappa shape index (κ3) is 5.44. The van der Waals surface area contributed by atoms with E-state index in [2.05, 4.69) is 229 Å². The van der Waals surface area contributed by atoms with Crippen LogP contribution in [0, 0.1) is 0 Å². The minimum atomic E-state index is 0.909. The predicted molar refractivity (Wildman–Crippen MR) is 286 cm³/mol. The molecule has 3 heterocycles. The quantitative estimate of drug-likeness (QED) is 0.158. The second-order valence-corrected chi connectivity index (χ2v) is 19.0. The smallest absolute Gasteiger partial charge is 0.145 e. The van der Waals surface area contributed by atoms with Crippen molar-refractivity contribution in [1.82, 2.24) is 4.57 Å². The Kier molecular flexibility index (Phi) is 7.69. The second-order valence-electron chi connectivity index (χ2n) is 18.0. The number of hydrogen-bond donors (Lipinski definition) is 0. The molecule has 0 aliphatic carbocycles. The lowest BCUT2D eigenvalue weighted by molar-refractivity contribution is 0.672. The third-order valence-corrected chi connectivity index (χ3v) is 15.5. The molecule has 310 valence electrons. The zero-order valence-electron chi connectivity index (χ0n) is 36.1. The standard InChI is InChI=1S/C64H37NOS/c1-2-12-38(13-3-1)40-15-9-16-41(32-40)42-17-10-18-45(33-42)48-22-11-23-51-53-35-44(29-31-59(53)67-64(48)51)43-28-30-56-52(34-43)49-20-4-6-24-55(49)65(56)57-37-46-19-8-14-39-26-27-47-36-54-50-21-5-7-25-58(50)66-63(54)62(57)61(47)60(39)46/h1-37H. The first-order chi connectivity index (χ1) is 33.2. The summed E-state index contributed by atoms with van der Waals surface area (Å²) in [6.45, 7) is 0. The summed E-state index contributed by atoms with van der Waals surface area (Å²) in [7, 11) is 0. The van der Waals surface area contributed by atoms with Crippen LogP contribution in [0.3, 0.4) is 0 Å². The second kappa shape index (κ2) is 14.0. The molecule has 12 aromatic carbocycles. The van der Waals surface area contributed by atoms with Gasteiger partial charge in [-0.15, -0.1) is 11.3 Å². The molecule has 15 aromatic rings. The first-order valence-electron chi connectivity index (χ1n) is 23.0. The highest BCUT2D eigenvalue weighted by atomic mass is 32.1. The van der Waals surface area contributed by atoms with Crippen LogP contribution in [0.15, 0.2) is 229 Å². The van der Waals surface area contributed by atoms with Gasteiger partial charge in [0.15, 0.2) is 0 Å². The summed E-state index contributed by atoms with van der Waals surface area (Å²) >= 11 is 1.89. The van der Waals surface area contributed by atoms with Crippen molar-refractivity contribution >= 4 is 108 Å². The molecule has 67 heavy (non-hydrogen) atoms. The summed E-state index contributed by atoms with van der Waals surface area (Å²) in [6, 6.07) is 82.7. The Morgan fingerprint density at radius 1 is 0.328 bits per heavy atom. The maximum atomic E-state index is 6.87. The number of furan rings is 1. The Labute approximate surface area is 389 Å². The summed E-state index contributed by atoms with van der Waals surface area (Å²) in [5.74, 6) is 0. The minimum absolute atomic E-state index is 0.909. The number of fused-ring (bicyclic) bond motifs is 10. The average Bonchev–Trinajstić information content (AvgIpc) is 4.07. The Morgan fingerprint density at radius 2 is 0.940 bits per heavy atom. The molecule has 0 atom stereocenters. The Balaban J connectivity index is 0.883. The van der Waals surface area contributed by atoms with Gasteiger partial charge in [-0.25, -0.2) is 0 Å². The van der Waals surface area contributed by atoms with Crippen molar-refractivity contribution in [2.45, 2.75) is 0 Å². The molecule has 0 aliphatic rings. The van der Waals surface area contributed by atoms with Crippen LogP contribution in [0.4, 0.5) is 0 Å². The van der Waals surface area contributed by atoms with Crippen LogP contribution in [0.25, 0.3) is 146 Å². The summed E-state index contributed by atoms with van der Waals surface area (Å²) in [4.78, 5) is 0. The van der Waals surface area contributed by atoms with Gasteiger partial charge in [0, 0.05) is 47.1 Å². The van der Waals surface area contributed by atoms with Gasteiger partial charge in [-0.3, -0.25) is 0 Å². The first-order valence-corrected chi connectivity index (χ1v) is 23.8. The van der Waals surface area contributed by atoms with Gasteiger partial charge in [0.2, 0.25) is 0 Å². The molecular weight excluding hydrogens is 831 g/mol. The van der Waals surface area contributed by atoms with Crippen molar-refractivity contribution < 1.29 is 4.42 Å². The van der Waals surface area contributed by atoms with Crippen LogP contribution >= 0.6 is 11.3 Å². The van der Waals surface area contributed by atoms with E-state index in [4.69, 9.17) is 4.42 Å². The van der Waals surface area contributed by atoms with Crippen molar-refractivity contribution in [2.24, 2.45) is 0 Å². The van der Waals surface area contributed by atoms with Crippen LogP contribution in [-0.4, -0.2) is 4.57 Å². The van der Waals surface area contributed by atoms with Crippen LogP contribution in [0.1, 0.15) is 0 Å². The highest BCUT2D eigenvalue weighted by Crippen LogP contribution is 2.48. The van der Waals surface area contributed by atoms with Crippen LogP contribution in [-0.2, 0) is 0 Å². The maximum Gasteiger partial charge on any atom is 0.145 e. The molecule has 0 amide bonds. The minimum Gasteiger partial charge on any atom is -0.455 e. The Bertz CT molecular complexity index is 4510. The molecule has 0 bridgehead atoms. The lowest BCUT2D eigenvalue weighted by Gasteiger charge is -2.17. The number of nitrogens with zero attached hydrogens (tertiary/aromatic N) is 1. The van der Waals surface area contributed by atoms with Gasteiger partial charge in [-0.05, 0) is 127 Å². The van der Waals surface area contributed by atoms with Gasteiger partial charge in [0.25, 0.3) is 0 Å². The Morgan fingerprint density at radius 3 is 1.82 bits per heavy atom. The first kappa shape index (κ1) is 36.8. The molecule has 0 spiro atoms. The van der Waals surface area contributed by atoms with E-state index >= 15 is 0 Å². The van der Waals surface area contributed by atoms with Crippen molar-refractivity contribution in [3.63, 3.8) is 0 Å². The lowest BCUT2D eigenvalue weighted by atomic mass is 9.91. The van der Waals surface area contributed by atoms with Gasteiger partial charge in [-0.2, -0.15) is 0 Å². The highest BCUT2D eigenvalue weighted by molar-refractivity contribution is 7.26. The molecule has 3 heteroatoms. The monoisotopic (exact) mass is 867 g/mol. The Hall–Kier alpha value is -8.50. The molecule has 3 aromatic heterocycles. The molecule has 0 saturated heterocycles. The number of hydrogen-bond acceptors (Lipinski definition) is 2. The molecule has 2 nitrogen and oxygen atoms in total. The summed E-state index contributed by atoms with van der Waals surface area (Å²) < 4.78 is 12.0. The van der Waals surface area contributed by atoms with Gasteiger partial charge in [-0.1, -0.05) is 164 Å². The molecule has 0 N–H and O–H groups in total. The highest BCUT2D eigenvalue weighted by Gasteiger charge is 2.23. The van der Waals surface area contributed by atoms with Crippen molar-refractivity contribution in [3.05, 3.63) is 224 Å². The summed E-state index contributed by atoms with van der Waals surface area (Å²) in [5.41, 5.74) is 15.1. The third-order valence-electron chi connectivity index (χ3n) is 14.3. The molecule has 0 unspecified atom stereocenters. The zero-order chi connectivity index (χ0) is 43.7. The topological polar surface area (TPSA) is 18.1 Å². The lowest BCUT2D eigenvalue weighted by Crippen LogP contribution is -1.97. The van der Waals surface area contributed by atoms with Crippen LogP contribution in [0.5, 0.6) is 0 Å². The van der Waals surface area contributed by atoms with Crippen molar-refractivity contribution in [1.29, 1.82) is 0 Å². The average molecular weight is 868 g/mol. The number of rotatable bonds is 5. The number of para-hydroxylation sites is 2. The predicted octanol–water partition coefficient (Wildman–Crippen LogP) is 18.6. The molecule has 15 rings (SSSR count). The van der Waals surface area contributed by atoms with E-state index in [1.165, 1.54) is 113 Å². The normalized spacial score (nSPS) is 12.2. The van der Waals surface area contributed by atoms with E-state index in [-0.39, 0.29) is 0 Å². The van der Waals surface area contributed by atoms with E-state index < -0.39 is 0 Å². The molecule has 0 saturated carbocycles. The maximum absolute atomic E-state index is 6.87. The fourth-order valence-corrected chi connectivity index (χ4v) is 12.4. The van der Waals surface area contributed by atoms with Gasteiger partial charge < -0.3 is 8.98 Å². The fraction of sp³-hybridized carbons (Fsp3) is 0. The SMILES string of the molecule is c1ccc(-c2cccc(-c3cccc(-c4cccc5c4sc4ccc(-c6ccc7c(c6)c6ccccc6n7-c6cc7cccc8ccc9cc%10c%11ccccc%11oc%10c6c9c87)cc45)c3)c2)cc1. The van der Waals surface area contributed by atoms with Crippen LogP contribution in [0.2, 0.25) is 0 Å².